The van der Waals surface area contributed by atoms with Crippen LogP contribution in [-0.2, 0) is 9.59 Å². The number of benzene rings is 1. The fraction of sp³-hybridized carbons (Fsp3) is 0.375. The van der Waals surface area contributed by atoms with Crippen molar-refractivity contribution in [3.8, 4) is 0 Å². The molecule has 116 valence electrons. The predicted molar refractivity (Wildman–Crippen MR) is 83.9 cm³/mol. The van der Waals surface area contributed by atoms with Crippen LogP contribution in [0.2, 0.25) is 0 Å². The predicted octanol–water partition coefficient (Wildman–Crippen LogP) is 2.06. The van der Waals surface area contributed by atoms with Crippen molar-refractivity contribution in [2.75, 3.05) is 4.90 Å². The molecule has 0 spiro atoms. The first kappa shape index (κ1) is 15.9. The monoisotopic (exact) mass is 301 g/mol. The van der Waals surface area contributed by atoms with Gasteiger partial charge in [-0.25, -0.2) is 9.69 Å². The number of hydrogen-bond acceptors (Lipinski definition) is 4. The van der Waals surface area contributed by atoms with E-state index in [9.17, 15) is 14.4 Å². The van der Waals surface area contributed by atoms with E-state index < -0.39 is 23.8 Å². The van der Waals surface area contributed by atoms with Gasteiger partial charge in [0.15, 0.2) is 5.92 Å². The van der Waals surface area contributed by atoms with Crippen molar-refractivity contribution in [1.82, 2.24) is 5.32 Å². The lowest BCUT2D eigenvalue weighted by atomic mass is 10.0. The summed E-state index contributed by atoms with van der Waals surface area (Å²) in [6.07, 6.45) is 2.14. The summed E-state index contributed by atoms with van der Waals surface area (Å²) in [7, 11) is 0. The average Bonchev–Trinajstić information content (AvgIpc) is 2.48. The maximum Gasteiger partial charge on any atom is 0.335 e. The van der Waals surface area contributed by atoms with Crippen LogP contribution in [0.25, 0.3) is 0 Å². The number of rotatable bonds is 4. The zero-order valence-corrected chi connectivity index (χ0v) is 12.9. The lowest BCUT2D eigenvalue weighted by Crippen LogP contribution is -2.58. The van der Waals surface area contributed by atoms with Gasteiger partial charge in [-0.2, -0.15) is 0 Å². The zero-order valence-electron chi connectivity index (χ0n) is 12.9. The zero-order chi connectivity index (χ0) is 16.3. The number of nitrogens with one attached hydrogen (secondary N) is 1. The van der Waals surface area contributed by atoms with Gasteiger partial charge in [-0.15, -0.1) is 0 Å². The normalized spacial score (nSPS) is 20.4. The number of amides is 4. The van der Waals surface area contributed by atoms with Crippen molar-refractivity contribution < 1.29 is 14.4 Å². The van der Waals surface area contributed by atoms with Crippen LogP contribution in [0.3, 0.4) is 0 Å². The van der Waals surface area contributed by atoms with Gasteiger partial charge >= 0.3 is 6.03 Å². The second-order valence-electron chi connectivity index (χ2n) is 5.29. The van der Waals surface area contributed by atoms with Crippen LogP contribution in [-0.4, -0.2) is 30.1 Å². The number of carbonyl (C=O) groups excluding carboxylic acids is 3. The van der Waals surface area contributed by atoms with Crippen LogP contribution in [0.15, 0.2) is 29.3 Å². The van der Waals surface area contributed by atoms with Crippen molar-refractivity contribution in [1.29, 1.82) is 0 Å². The number of para-hydroxylation sites is 1. The first-order valence-corrected chi connectivity index (χ1v) is 7.23. The number of urea groups is 1. The Hall–Kier alpha value is -2.50. The quantitative estimate of drug-likeness (QED) is 0.683. The number of carbonyl (C=O) groups is 3. The highest BCUT2D eigenvalue weighted by Crippen LogP contribution is 2.23. The SMILES string of the molecule is CC[C@@H](C)N=CC1C(=O)NC(=O)N(c2ccccc2C)C1=O. The van der Waals surface area contributed by atoms with E-state index in [1.165, 1.54) is 6.21 Å². The first-order valence-electron chi connectivity index (χ1n) is 7.23. The van der Waals surface area contributed by atoms with E-state index in [1.807, 2.05) is 19.9 Å². The molecule has 0 saturated carbocycles. The molecule has 2 atom stereocenters. The molecule has 0 bridgehead atoms. The molecule has 1 N–H and O–H groups in total. The molecule has 2 rings (SSSR count). The molecular formula is C16H19N3O3. The first-order chi connectivity index (χ1) is 10.5. The fourth-order valence-electron chi connectivity index (χ4n) is 2.10. The van der Waals surface area contributed by atoms with Gasteiger partial charge in [-0.1, -0.05) is 25.1 Å². The van der Waals surface area contributed by atoms with E-state index in [4.69, 9.17) is 0 Å². The molecule has 1 aliphatic rings. The average molecular weight is 301 g/mol. The van der Waals surface area contributed by atoms with E-state index in [-0.39, 0.29) is 6.04 Å². The van der Waals surface area contributed by atoms with E-state index in [0.717, 1.165) is 16.9 Å². The minimum absolute atomic E-state index is 0.0186. The van der Waals surface area contributed by atoms with E-state index in [0.29, 0.717) is 5.69 Å². The highest BCUT2D eigenvalue weighted by atomic mass is 16.2. The maximum atomic E-state index is 12.6. The van der Waals surface area contributed by atoms with Crippen molar-refractivity contribution in [3.63, 3.8) is 0 Å². The highest BCUT2D eigenvalue weighted by Gasteiger charge is 2.40. The number of anilines is 1. The smallest absolute Gasteiger partial charge is 0.293 e. The molecule has 1 aliphatic heterocycles. The minimum Gasteiger partial charge on any atom is -0.293 e. The van der Waals surface area contributed by atoms with Crippen LogP contribution in [0.1, 0.15) is 25.8 Å². The Balaban J connectivity index is 2.34. The number of hydrogen-bond donors (Lipinski definition) is 1. The fourth-order valence-corrected chi connectivity index (χ4v) is 2.10. The van der Waals surface area contributed by atoms with E-state index in [2.05, 4.69) is 10.3 Å². The van der Waals surface area contributed by atoms with Gasteiger partial charge in [0, 0.05) is 12.3 Å². The second kappa shape index (κ2) is 6.51. The molecule has 4 amide bonds. The van der Waals surface area contributed by atoms with Crippen molar-refractivity contribution in [3.05, 3.63) is 29.8 Å². The Bertz CT molecular complexity index is 639. The lowest BCUT2D eigenvalue weighted by molar-refractivity contribution is -0.131. The van der Waals surface area contributed by atoms with E-state index >= 15 is 0 Å². The third-order valence-electron chi connectivity index (χ3n) is 3.64. The molecule has 1 unspecified atom stereocenters. The topological polar surface area (TPSA) is 78.8 Å². The number of nitrogens with zero attached hydrogens (tertiary/aromatic N) is 2. The molecule has 1 aromatic rings. The third-order valence-corrected chi connectivity index (χ3v) is 3.64. The van der Waals surface area contributed by atoms with Gasteiger partial charge in [0.05, 0.1) is 5.69 Å². The van der Waals surface area contributed by atoms with Gasteiger partial charge in [0.2, 0.25) is 5.91 Å². The minimum atomic E-state index is -1.08. The standard InChI is InChI=1S/C16H19N3O3/c1-4-11(3)17-9-12-14(20)18-16(22)19(15(12)21)13-8-6-5-7-10(13)2/h5-9,11-12H,4H2,1-3H3,(H,18,20,22)/t11-,12?/m1/s1. The number of aryl methyl sites for hydroxylation is 1. The van der Waals surface area contributed by atoms with Crippen LogP contribution in [0.4, 0.5) is 10.5 Å². The summed E-state index contributed by atoms with van der Waals surface area (Å²) in [5.41, 5.74) is 1.25. The maximum absolute atomic E-state index is 12.6. The molecule has 0 aliphatic carbocycles. The molecule has 0 radical (unpaired) electrons. The molecule has 0 aromatic heterocycles. The summed E-state index contributed by atoms with van der Waals surface area (Å²) < 4.78 is 0. The van der Waals surface area contributed by atoms with Crippen molar-refractivity contribution in [2.24, 2.45) is 10.9 Å². The lowest BCUT2D eigenvalue weighted by Gasteiger charge is -2.29. The van der Waals surface area contributed by atoms with Gasteiger partial charge in [-0.3, -0.25) is 19.9 Å². The van der Waals surface area contributed by atoms with Crippen LogP contribution in [0.5, 0.6) is 0 Å². The molecule has 1 aromatic carbocycles. The second-order valence-corrected chi connectivity index (χ2v) is 5.29. The summed E-state index contributed by atoms with van der Waals surface area (Å²) >= 11 is 0. The number of barbiturate groups is 1. The summed E-state index contributed by atoms with van der Waals surface area (Å²) in [4.78, 5) is 41.7. The van der Waals surface area contributed by atoms with Crippen LogP contribution >= 0.6 is 0 Å². The molecule has 6 nitrogen and oxygen atoms in total. The summed E-state index contributed by atoms with van der Waals surface area (Å²) in [6.45, 7) is 5.66. The molecule has 6 heteroatoms. The summed E-state index contributed by atoms with van der Waals surface area (Å²) in [5, 5.41) is 2.21. The van der Waals surface area contributed by atoms with Gasteiger partial charge in [-0.05, 0) is 31.9 Å². The Morgan fingerprint density at radius 1 is 1.32 bits per heavy atom. The van der Waals surface area contributed by atoms with E-state index in [1.54, 1.807) is 25.1 Å². The molecule has 1 saturated heterocycles. The molecular weight excluding hydrogens is 282 g/mol. The summed E-state index contributed by atoms with van der Waals surface area (Å²) in [6, 6.07) is 6.32. The summed E-state index contributed by atoms with van der Waals surface area (Å²) in [5.74, 6) is -2.28. The van der Waals surface area contributed by atoms with Crippen molar-refractivity contribution >= 4 is 29.7 Å². The Morgan fingerprint density at radius 2 is 2.00 bits per heavy atom. The largest absolute Gasteiger partial charge is 0.335 e. The van der Waals surface area contributed by atoms with Gasteiger partial charge in [0.1, 0.15) is 0 Å². The van der Waals surface area contributed by atoms with Crippen molar-refractivity contribution in [2.45, 2.75) is 33.2 Å². The van der Waals surface area contributed by atoms with Crippen LogP contribution in [0, 0.1) is 12.8 Å². The number of imide groups is 2. The molecule has 1 heterocycles. The number of aliphatic imine (C=N–C) groups is 1. The van der Waals surface area contributed by atoms with Gasteiger partial charge in [0.25, 0.3) is 5.91 Å². The Morgan fingerprint density at radius 3 is 2.64 bits per heavy atom. The molecule has 22 heavy (non-hydrogen) atoms. The highest BCUT2D eigenvalue weighted by molar-refractivity contribution is 6.32. The molecule has 1 fully saturated rings. The Kier molecular flexibility index (Phi) is 4.70. The van der Waals surface area contributed by atoms with Crippen LogP contribution < -0.4 is 10.2 Å². The third kappa shape index (κ3) is 3.05. The van der Waals surface area contributed by atoms with Gasteiger partial charge < -0.3 is 0 Å². The Labute approximate surface area is 129 Å².